The van der Waals surface area contributed by atoms with Gasteiger partial charge in [0, 0.05) is 24.3 Å². The Labute approximate surface area is 190 Å². The minimum atomic E-state index is -0.590. The SMILES string of the molecule is OCc1cnc(SCc2ccc(F)cc2F)n1CCC(c1ccccc1)c1ccccc1. The molecule has 0 fully saturated rings. The summed E-state index contributed by atoms with van der Waals surface area (Å²) >= 11 is 1.38. The molecule has 3 aromatic carbocycles. The number of hydrogen-bond acceptors (Lipinski definition) is 3. The Hall–Kier alpha value is -2.96. The molecule has 1 heterocycles. The molecule has 0 radical (unpaired) electrons. The summed E-state index contributed by atoms with van der Waals surface area (Å²) in [6.45, 7) is 0.526. The lowest BCUT2D eigenvalue weighted by Crippen LogP contribution is -2.10. The molecule has 0 saturated carbocycles. The minimum Gasteiger partial charge on any atom is -0.390 e. The normalized spacial score (nSPS) is 11.2. The third kappa shape index (κ3) is 5.26. The van der Waals surface area contributed by atoms with Crippen LogP contribution in [-0.4, -0.2) is 14.7 Å². The first-order chi connectivity index (χ1) is 15.7. The van der Waals surface area contributed by atoms with Gasteiger partial charge >= 0.3 is 0 Å². The van der Waals surface area contributed by atoms with Crippen LogP contribution in [0.1, 0.15) is 34.7 Å². The van der Waals surface area contributed by atoms with E-state index >= 15 is 0 Å². The highest BCUT2D eigenvalue weighted by atomic mass is 32.2. The van der Waals surface area contributed by atoms with Crippen molar-refractivity contribution in [3.63, 3.8) is 0 Å². The topological polar surface area (TPSA) is 38.1 Å². The number of rotatable bonds is 9. The second-order valence-electron chi connectivity index (χ2n) is 7.53. The van der Waals surface area contributed by atoms with Crippen LogP contribution in [0.5, 0.6) is 0 Å². The third-order valence-corrected chi connectivity index (χ3v) is 6.52. The molecular weight excluding hydrogens is 426 g/mol. The van der Waals surface area contributed by atoms with Crippen molar-refractivity contribution in [1.29, 1.82) is 0 Å². The molecule has 0 aliphatic heterocycles. The first-order valence-electron chi connectivity index (χ1n) is 10.5. The highest BCUT2D eigenvalue weighted by molar-refractivity contribution is 7.98. The minimum absolute atomic E-state index is 0.125. The molecule has 3 nitrogen and oxygen atoms in total. The zero-order chi connectivity index (χ0) is 22.3. The molecule has 0 unspecified atom stereocenters. The summed E-state index contributed by atoms with van der Waals surface area (Å²) in [6.07, 6.45) is 2.47. The van der Waals surface area contributed by atoms with Gasteiger partial charge in [-0.25, -0.2) is 13.8 Å². The molecule has 0 saturated heterocycles. The summed E-state index contributed by atoms with van der Waals surface area (Å²) in [5, 5.41) is 10.5. The van der Waals surface area contributed by atoms with Gasteiger partial charge in [0.1, 0.15) is 11.6 Å². The lowest BCUT2D eigenvalue weighted by Gasteiger charge is -2.20. The number of aliphatic hydroxyl groups is 1. The molecule has 0 aliphatic rings. The van der Waals surface area contributed by atoms with E-state index in [1.165, 1.54) is 35.0 Å². The quantitative estimate of drug-likeness (QED) is 0.310. The van der Waals surface area contributed by atoms with E-state index in [0.29, 0.717) is 28.7 Å². The largest absolute Gasteiger partial charge is 0.390 e. The second kappa shape index (κ2) is 10.6. The average Bonchev–Trinajstić information content (AvgIpc) is 3.22. The fourth-order valence-corrected chi connectivity index (χ4v) is 4.82. The van der Waals surface area contributed by atoms with Gasteiger partial charge in [0.25, 0.3) is 0 Å². The molecule has 164 valence electrons. The molecule has 6 heteroatoms. The van der Waals surface area contributed by atoms with Crippen LogP contribution in [0.3, 0.4) is 0 Å². The van der Waals surface area contributed by atoms with Crippen LogP contribution in [-0.2, 0) is 18.9 Å². The van der Waals surface area contributed by atoms with Crippen molar-refractivity contribution < 1.29 is 13.9 Å². The molecule has 1 N–H and O–H groups in total. The summed E-state index contributed by atoms with van der Waals surface area (Å²) in [5.41, 5.74) is 3.59. The molecule has 32 heavy (non-hydrogen) atoms. The number of thioether (sulfide) groups is 1. The monoisotopic (exact) mass is 450 g/mol. The van der Waals surface area contributed by atoms with E-state index in [0.717, 1.165) is 12.5 Å². The smallest absolute Gasteiger partial charge is 0.168 e. The van der Waals surface area contributed by atoms with Gasteiger partial charge in [-0.3, -0.25) is 0 Å². The Kier molecular flexibility index (Phi) is 7.35. The van der Waals surface area contributed by atoms with Crippen molar-refractivity contribution >= 4 is 11.8 Å². The average molecular weight is 451 g/mol. The Balaban J connectivity index is 1.54. The fourth-order valence-electron chi connectivity index (χ4n) is 3.81. The summed E-state index contributed by atoms with van der Waals surface area (Å²) in [7, 11) is 0. The fraction of sp³-hybridized carbons (Fsp3) is 0.192. The molecule has 4 rings (SSSR count). The molecule has 0 spiro atoms. The van der Waals surface area contributed by atoms with E-state index in [4.69, 9.17) is 0 Å². The van der Waals surface area contributed by atoms with Crippen LogP contribution >= 0.6 is 11.8 Å². The van der Waals surface area contributed by atoms with Gasteiger partial charge in [0.2, 0.25) is 0 Å². The number of halogens is 2. The van der Waals surface area contributed by atoms with Gasteiger partial charge in [0.05, 0.1) is 18.5 Å². The number of imidazole rings is 1. The van der Waals surface area contributed by atoms with Crippen LogP contribution in [0.15, 0.2) is 90.2 Å². The van der Waals surface area contributed by atoms with Gasteiger partial charge in [0.15, 0.2) is 5.16 Å². The van der Waals surface area contributed by atoms with Gasteiger partial charge in [-0.05, 0) is 29.2 Å². The Morgan fingerprint density at radius 2 is 1.56 bits per heavy atom. The summed E-state index contributed by atoms with van der Waals surface area (Å²) in [6, 6.07) is 24.3. The van der Waals surface area contributed by atoms with Gasteiger partial charge in [-0.15, -0.1) is 0 Å². The van der Waals surface area contributed by atoms with Crippen LogP contribution in [0.4, 0.5) is 8.78 Å². The van der Waals surface area contributed by atoms with Crippen LogP contribution in [0.25, 0.3) is 0 Å². The highest BCUT2D eigenvalue weighted by Gasteiger charge is 2.17. The number of aromatic nitrogens is 2. The van der Waals surface area contributed by atoms with Crippen LogP contribution < -0.4 is 0 Å². The standard InChI is InChI=1S/C26H24F2N2OS/c27-22-12-11-21(25(28)15-22)18-32-26-29-16-23(17-31)30(26)14-13-24(19-7-3-1-4-8-19)20-9-5-2-6-10-20/h1-12,15-16,24,31H,13-14,17-18H2. The molecular formula is C26H24F2N2OS. The number of benzene rings is 3. The third-order valence-electron chi connectivity index (χ3n) is 5.48. The maximum atomic E-state index is 14.0. The van der Waals surface area contributed by atoms with E-state index in [9.17, 15) is 13.9 Å². The first-order valence-corrected chi connectivity index (χ1v) is 11.5. The van der Waals surface area contributed by atoms with Crippen LogP contribution in [0, 0.1) is 11.6 Å². The van der Waals surface area contributed by atoms with Crippen molar-refractivity contribution in [2.45, 2.75) is 36.4 Å². The van der Waals surface area contributed by atoms with E-state index < -0.39 is 11.6 Å². The summed E-state index contributed by atoms with van der Waals surface area (Å²) < 4.78 is 29.2. The predicted molar refractivity (Wildman–Crippen MR) is 123 cm³/mol. The number of aliphatic hydroxyl groups excluding tert-OH is 1. The van der Waals surface area contributed by atoms with E-state index in [1.54, 1.807) is 6.20 Å². The lowest BCUT2D eigenvalue weighted by atomic mass is 9.88. The van der Waals surface area contributed by atoms with Crippen molar-refractivity contribution in [3.05, 3.63) is 119 Å². The summed E-state index contributed by atoms with van der Waals surface area (Å²) in [4.78, 5) is 4.44. The lowest BCUT2D eigenvalue weighted by molar-refractivity contribution is 0.268. The van der Waals surface area contributed by atoms with E-state index in [2.05, 4.69) is 29.2 Å². The molecule has 0 atom stereocenters. The zero-order valence-electron chi connectivity index (χ0n) is 17.5. The van der Waals surface area contributed by atoms with E-state index in [-0.39, 0.29) is 12.5 Å². The van der Waals surface area contributed by atoms with Crippen LogP contribution in [0.2, 0.25) is 0 Å². The van der Waals surface area contributed by atoms with Crippen molar-refractivity contribution in [1.82, 2.24) is 9.55 Å². The van der Waals surface area contributed by atoms with Gasteiger partial charge in [-0.2, -0.15) is 0 Å². The zero-order valence-corrected chi connectivity index (χ0v) is 18.3. The maximum absolute atomic E-state index is 14.0. The van der Waals surface area contributed by atoms with Crippen molar-refractivity contribution in [2.24, 2.45) is 0 Å². The number of hydrogen-bond donors (Lipinski definition) is 1. The molecule has 4 aromatic rings. The van der Waals surface area contributed by atoms with Crippen molar-refractivity contribution in [2.75, 3.05) is 0 Å². The van der Waals surface area contributed by atoms with E-state index in [1.807, 2.05) is 41.0 Å². The summed E-state index contributed by atoms with van der Waals surface area (Å²) in [5.74, 6) is -0.632. The molecule has 0 bridgehead atoms. The predicted octanol–water partition coefficient (Wildman–Crippen LogP) is 6.17. The molecule has 0 amide bonds. The maximum Gasteiger partial charge on any atom is 0.168 e. The Bertz CT molecular complexity index is 1110. The highest BCUT2D eigenvalue weighted by Crippen LogP contribution is 2.31. The Morgan fingerprint density at radius 3 is 2.16 bits per heavy atom. The Morgan fingerprint density at radius 1 is 0.906 bits per heavy atom. The number of nitrogens with zero attached hydrogens (tertiary/aromatic N) is 2. The molecule has 1 aromatic heterocycles. The van der Waals surface area contributed by atoms with Gasteiger partial charge in [-0.1, -0.05) is 78.5 Å². The molecule has 0 aliphatic carbocycles. The van der Waals surface area contributed by atoms with Crippen molar-refractivity contribution in [3.8, 4) is 0 Å². The second-order valence-corrected chi connectivity index (χ2v) is 8.47. The first kappa shape index (κ1) is 22.2. The van der Waals surface area contributed by atoms with Gasteiger partial charge < -0.3 is 9.67 Å².